The van der Waals surface area contributed by atoms with E-state index in [0.29, 0.717) is 6.42 Å². The number of benzene rings is 1. The van der Waals surface area contributed by atoms with Crippen LogP contribution in [0.2, 0.25) is 0 Å². The standard InChI is InChI=1S/C15H22N2O2S/c1-10(2)13(14(16)20)15(19)17-12-7-3-5-11(9-12)6-4-8-18/h3,5,7,9-10,13,18H,4,6,8H2,1-2H3,(H2,16,20)(H,17,19). The molecule has 1 atom stereocenters. The Balaban J connectivity index is 2.76. The number of amides is 1. The maximum atomic E-state index is 12.2. The Morgan fingerprint density at radius 3 is 2.70 bits per heavy atom. The molecule has 5 heteroatoms. The topological polar surface area (TPSA) is 75.3 Å². The van der Waals surface area contributed by atoms with Crippen molar-refractivity contribution in [1.29, 1.82) is 0 Å². The number of anilines is 1. The molecule has 0 saturated carbocycles. The van der Waals surface area contributed by atoms with Gasteiger partial charge in [0.1, 0.15) is 0 Å². The first kappa shape index (κ1) is 16.6. The second kappa shape index (κ2) is 7.97. The molecule has 0 aliphatic heterocycles. The highest BCUT2D eigenvalue weighted by Crippen LogP contribution is 2.17. The fourth-order valence-corrected chi connectivity index (χ4v) is 2.45. The molecule has 1 aromatic carbocycles. The van der Waals surface area contributed by atoms with Gasteiger partial charge in [-0.05, 0) is 36.5 Å². The molecule has 1 unspecified atom stereocenters. The number of carbonyl (C=O) groups excluding carboxylic acids is 1. The maximum absolute atomic E-state index is 12.2. The normalized spacial score (nSPS) is 12.2. The fourth-order valence-electron chi connectivity index (χ4n) is 2.07. The Kier molecular flexibility index (Phi) is 6.61. The summed E-state index contributed by atoms with van der Waals surface area (Å²) >= 11 is 4.96. The van der Waals surface area contributed by atoms with Crippen LogP contribution in [-0.2, 0) is 11.2 Å². The smallest absolute Gasteiger partial charge is 0.234 e. The van der Waals surface area contributed by atoms with E-state index >= 15 is 0 Å². The van der Waals surface area contributed by atoms with Gasteiger partial charge in [-0.3, -0.25) is 4.79 Å². The second-order valence-corrected chi connectivity index (χ2v) is 5.61. The number of aryl methyl sites for hydroxylation is 1. The van der Waals surface area contributed by atoms with Gasteiger partial charge < -0.3 is 16.2 Å². The fraction of sp³-hybridized carbons (Fsp3) is 0.467. The Labute approximate surface area is 125 Å². The maximum Gasteiger partial charge on any atom is 0.234 e. The van der Waals surface area contributed by atoms with Crippen molar-refractivity contribution in [2.75, 3.05) is 11.9 Å². The minimum atomic E-state index is -0.467. The summed E-state index contributed by atoms with van der Waals surface area (Å²) in [4.78, 5) is 12.4. The van der Waals surface area contributed by atoms with E-state index in [4.69, 9.17) is 23.1 Å². The first-order chi connectivity index (χ1) is 9.45. The zero-order valence-electron chi connectivity index (χ0n) is 11.9. The van der Waals surface area contributed by atoms with Crippen LogP contribution in [0.4, 0.5) is 5.69 Å². The Hall–Kier alpha value is -1.46. The summed E-state index contributed by atoms with van der Waals surface area (Å²) in [6.07, 6.45) is 1.49. The van der Waals surface area contributed by atoms with Gasteiger partial charge in [0.15, 0.2) is 0 Å². The van der Waals surface area contributed by atoms with Gasteiger partial charge in [0.2, 0.25) is 5.91 Å². The Morgan fingerprint density at radius 2 is 2.15 bits per heavy atom. The summed E-state index contributed by atoms with van der Waals surface area (Å²) in [6.45, 7) is 4.00. The van der Waals surface area contributed by atoms with Crippen molar-refractivity contribution in [2.24, 2.45) is 17.6 Å². The number of hydrogen-bond donors (Lipinski definition) is 3. The van der Waals surface area contributed by atoms with Crippen molar-refractivity contribution in [3.8, 4) is 0 Å². The molecule has 110 valence electrons. The molecule has 0 bridgehead atoms. The highest BCUT2D eigenvalue weighted by Gasteiger charge is 2.24. The molecule has 20 heavy (non-hydrogen) atoms. The number of aliphatic hydroxyl groups is 1. The van der Waals surface area contributed by atoms with Crippen molar-refractivity contribution in [3.63, 3.8) is 0 Å². The summed E-state index contributed by atoms with van der Waals surface area (Å²) in [5.41, 5.74) is 7.44. The average molecular weight is 294 g/mol. The molecule has 0 spiro atoms. The molecule has 0 aromatic heterocycles. The van der Waals surface area contributed by atoms with Gasteiger partial charge in [-0.1, -0.05) is 38.2 Å². The van der Waals surface area contributed by atoms with Crippen molar-refractivity contribution >= 4 is 28.8 Å². The van der Waals surface area contributed by atoms with Crippen LogP contribution in [0.3, 0.4) is 0 Å². The molecule has 1 aromatic rings. The van der Waals surface area contributed by atoms with E-state index in [9.17, 15) is 4.79 Å². The Bertz CT molecular complexity index is 475. The van der Waals surface area contributed by atoms with Gasteiger partial charge in [0, 0.05) is 12.3 Å². The van der Waals surface area contributed by atoms with Crippen LogP contribution < -0.4 is 11.1 Å². The van der Waals surface area contributed by atoms with E-state index in [1.165, 1.54) is 0 Å². The van der Waals surface area contributed by atoms with Crippen LogP contribution >= 0.6 is 12.2 Å². The lowest BCUT2D eigenvalue weighted by Crippen LogP contribution is -2.36. The lowest BCUT2D eigenvalue weighted by atomic mass is 9.95. The van der Waals surface area contributed by atoms with Gasteiger partial charge in [-0.15, -0.1) is 0 Å². The molecule has 1 rings (SSSR count). The molecule has 0 fully saturated rings. The average Bonchev–Trinajstić information content (AvgIpc) is 2.35. The third-order valence-electron chi connectivity index (χ3n) is 3.07. The molecule has 1 amide bonds. The molecule has 4 nitrogen and oxygen atoms in total. The van der Waals surface area contributed by atoms with E-state index in [1.807, 2.05) is 38.1 Å². The number of rotatable bonds is 7. The summed E-state index contributed by atoms with van der Waals surface area (Å²) in [5.74, 6) is -0.581. The molecule has 0 heterocycles. The molecule has 0 radical (unpaired) electrons. The van der Waals surface area contributed by atoms with E-state index < -0.39 is 5.92 Å². The van der Waals surface area contributed by atoms with Crippen molar-refractivity contribution in [2.45, 2.75) is 26.7 Å². The zero-order chi connectivity index (χ0) is 15.1. The number of nitrogens with two attached hydrogens (primary N) is 1. The minimum Gasteiger partial charge on any atom is -0.396 e. The largest absolute Gasteiger partial charge is 0.396 e. The summed E-state index contributed by atoms with van der Waals surface area (Å²) in [5, 5.41) is 11.7. The third kappa shape index (κ3) is 4.90. The van der Waals surface area contributed by atoms with E-state index in [0.717, 1.165) is 17.7 Å². The van der Waals surface area contributed by atoms with Gasteiger partial charge in [0.05, 0.1) is 10.9 Å². The van der Waals surface area contributed by atoms with Crippen molar-refractivity contribution in [1.82, 2.24) is 0 Å². The van der Waals surface area contributed by atoms with Crippen LogP contribution in [0.5, 0.6) is 0 Å². The monoisotopic (exact) mass is 294 g/mol. The second-order valence-electron chi connectivity index (χ2n) is 5.14. The van der Waals surface area contributed by atoms with E-state index in [-0.39, 0.29) is 23.4 Å². The number of thiocarbonyl (C=S) groups is 1. The first-order valence-electron chi connectivity index (χ1n) is 6.75. The first-order valence-corrected chi connectivity index (χ1v) is 7.16. The summed E-state index contributed by atoms with van der Waals surface area (Å²) in [7, 11) is 0. The molecular formula is C15H22N2O2S. The molecule has 0 aliphatic rings. The van der Waals surface area contributed by atoms with Gasteiger partial charge >= 0.3 is 0 Å². The van der Waals surface area contributed by atoms with Crippen LogP contribution in [0.15, 0.2) is 24.3 Å². The van der Waals surface area contributed by atoms with E-state index in [2.05, 4.69) is 5.32 Å². The predicted octanol–water partition coefficient (Wildman–Crippen LogP) is 2.11. The van der Waals surface area contributed by atoms with Crippen LogP contribution in [0.25, 0.3) is 0 Å². The number of hydrogen-bond acceptors (Lipinski definition) is 3. The molecule has 0 saturated heterocycles. The molecule has 0 aliphatic carbocycles. The van der Waals surface area contributed by atoms with Crippen molar-refractivity contribution in [3.05, 3.63) is 29.8 Å². The quantitative estimate of drug-likeness (QED) is 0.673. The lowest BCUT2D eigenvalue weighted by Gasteiger charge is -2.19. The van der Waals surface area contributed by atoms with Gasteiger partial charge in [-0.25, -0.2) is 0 Å². The Morgan fingerprint density at radius 1 is 1.45 bits per heavy atom. The van der Waals surface area contributed by atoms with Crippen LogP contribution in [-0.4, -0.2) is 22.6 Å². The third-order valence-corrected chi connectivity index (χ3v) is 3.33. The highest BCUT2D eigenvalue weighted by molar-refractivity contribution is 7.80. The minimum absolute atomic E-state index is 0.0603. The highest BCUT2D eigenvalue weighted by atomic mass is 32.1. The van der Waals surface area contributed by atoms with Crippen molar-refractivity contribution < 1.29 is 9.90 Å². The van der Waals surface area contributed by atoms with Crippen LogP contribution in [0.1, 0.15) is 25.8 Å². The number of nitrogens with one attached hydrogen (secondary N) is 1. The molecular weight excluding hydrogens is 272 g/mol. The zero-order valence-corrected chi connectivity index (χ0v) is 12.7. The SMILES string of the molecule is CC(C)C(C(=O)Nc1cccc(CCCO)c1)C(N)=S. The van der Waals surface area contributed by atoms with E-state index in [1.54, 1.807) is 0 Å². The predicted molar refractivity (Wildman–Crippen MR) is 85.6 cm³/mol. The summed E-state index contributed by atoms with van der Waals surface area (Å²) in [6, 6.07) is 7.59. The lowest BCUT2D eigenvalue weighted by molar-refractivity contribution is -0.118. The summed E-state index contributed by atoms with van der Waals surface area (Å²) < 4.78 is 0. The molecule has 4 N–H and O–H groups in total. The van der Waals surface area contributed by atoms with Gasteiger partial charge in [-0.2, -0.15) is 0 Å². The van der Waals surface area contributed by atoms with Gasteiger partial charge in [0.25, 0.3) is 0 Å². The van der Waals surface area contributed by atoms with Crippen LogP contribution in [0, 0.1) is 11.8 Å². The number of aliphatic hydroxyl groups excluding tert-OH is 1. The number of carbonyl (C=O) groups is 1.